The molecule has 5 heteroatoms. The van der Waals surface area contributed by atoms with Crippen molar-refractivity contribution in [3.63, 3.8) is 0 Å². The maximum Gasteiger partial charge on any atom is 0.236 e. The molecular formula is C14H21BrN2O2. The predicted octanol–water partition coefficient (Wildman–Crippen LogP) is 2.42. The van der Waals surface area contributed by atoms with E-state index in [0.717, 1.165) is 22.2 Å². The molecule has 1 aromatic carbocycles. The lowest BCUT2D eigenvalue weighted by molar-refractivity contribution is -0.127. The molecule has 0 unspecified atom stereocenters. The van der Waals surface area contributed by atoms with Crippen LogP contribution in [0.5, 0.6) is 5.75 Å². The second-order valence-corrected chi connectivity index (χ2v) is 5.41. The minimum Gasteiger partial charge on any atom is -0.493 e. The van der Waals surface area contributed by atoms with Crippen LogP contribution >= 0.6 is 15.9 Å². The van der Waals surface area contributed by atoms with Gasteiger partial charge in [-0.25, -0.2) is 0 Å². The van der Waals surface area contributed by atoms with Gasteiger partial charge in [0.25, 0.3) is 0 Å². The number of likely N-dealkylation sites (N-methyl/N-ethyl adjacent to an activating group) is 1. The fourth-order valence-electron chi connectivity index (χ4n) is 1.50. The first-order valence-corrected chi connectivity index (χ1v) is 7.16. The summed E-state index contributed by atoms with van der Waals surface area (Å²) in [6.45, 7) is 3.71. The molecule has 0 aliphatic heterocycles. The average molecular weight is 329 g/mol. The molecule has 0 radical (unpaired) electrons. The monoisotopic (exact) mass is 328 g/mol. The minimum atomic E-state index is 0.0611. The molecule has 19 heavy (non-hydrogen) atoms. The van der Waals surface area contributed by atoms with Gasteiger partial charge in [0.1, 0.15) is 5.75 Å². The number of carbonyl (C=O) groups excluding carboxylic acids is 1. The van der Waals surface area contributed by atoms with Crippen molar-refractivity contribution in [3.8, 4) is 5.75 Å². The summed E-state index contributed by atoms with van der Waals surface area (Å²) in [5, 5.41) is 3.13. The second kappa shape index (κ2) is 8.17. The smallest absolute Gasteiger partial charge is 0.236 e. The first-order valence-electron chi connectivity index (χ1n) is 6.36. The largest absolute Gasteiger partial charge is 0.493 e. The Kier molecular flexibility index (Phi) is 6.87. The third-order valence-corrected chi connectivity index (χ3v) is 3.07. The van der Waals surface area contributed by atoms with Crippen LogP contribution in [0.3, 0.4) is 0 Å². The third kappa shape index (κ3) is 5.61. The van der Waals surface area contributed by atoms with Gasteiger partial charge in [-0.1, -0.05) is 22.9 Å². The van der Waals surface area contributed by atoms with Gasteiger partial charge in [0, 0.05) is 30.7 Å². The van der Waals surface area contributed by atoms with E-state index >= 15 is 0 Å². The second-order valence-electron chi connectivity index (χ2n) is 4.49. The van der Waals surface area contributed by atoms with Crippen molar-refractivity contribution < 1.29 is 9.53 Å². The highest BCUT2D eigenvalue weighted by molar-refractivity contribution is 9.10. The number of nitrogens with zero attached hydrogens (tertiary/aromatic N) is 1. The molecule has 1 rings (SSSR count). The van der Waals surface area contributed by atoms with Crippen LogP contribution in [0.2, 0.25) is 0 Å². The maximum absolute atomic E-state index is 11.5. The van der Waals surface area contributed by atoms with Gasteiger partial charge in [0.2, 0.25) is 5.91 Å². The van der Waals surface area contributed by atoms with Crippen LogP contribution < -0.4 is 10.1 Å². The normalized spacial score (nSPS) is 10.3. The molecule has 4 nitrogen and oxygen atoms in total. The van der Waals surface area contributed by atoms with Crippen molar-refractivity contribution >= 4 is 21.8 Å². The van der Waals surface area contributed by atoms with Gasteiger partial charge in [-0.2, -0.15) is 0 Å². The van der Waals surface area contributed by atoms with Gasteiger partial charge in [-0.05, 0) is 24.6 Å². The van der Waals surface area contributed by atoms with Gasteiger partial charge in [-0.15, -0.1) is 0 Å². The zero-order chi connectivity index (χ0) is 14.3. The Bertz CT molecular complexity index is 422. The molecule has 1 amide bonds. The van der Waals surface area contributed by atoms with E-state index < -0.39 is 0 Å². The van der Waals surface area contributed by atoms with Crippen molar-refractivity contribution in [3.05, 3.63) is 28.2 Å². The molecule has 0 saturated carbocycles. The molecule has 0 heterocycles. The fourth-order valence-corrected chi connectivity index (χ4v) is 1.91. The summed E-state index contributed by atoms with van der Waals surface area (Å²) in [6.07, 6.45) is 0.974. The highest BCUT2D eigenvalue weighted by Gasteiger charge is 2.07. The lowest BCUT2D eigenvalue weighted by Crippen LogP contribution is -2.32. The molecule has 1 aromatic rings. The minimum absolute atomic E-state index is 0.0611. The zero-order valence-corrected chi connectivity index (χ0v) is 13.3. The number of hydrogen-bond donors (Lipinski definition) is 1. The van der Waals surface area contributed by atoms with Crippen LogP contribution in [0, 0.1) is 0 Å². The molecule has 0 aliphatic carbocycles. The van der Waals surface area contributed by atoms with Gasteiger partial charge in [-0.3, -0.25) is 4.79 Å². The Morgan fingerprint density at radius 3 is 2.79 bits per heavy atom. The van der Waals surface area contributed by atoms with Gasteiger partial charge in [0.15, 0.2) is 0 Å². The molecule has 0 fully saturated rings. The summed E-state index contributed by atoms with van der Waals surface area (Å²) in [7, 11) is 3.50. The number of ether oxygens (including phenoxy) is 1. The van der Waals surface area contributed by atoms with Gasteiger partial charge in [0.05, 0.1) is 13.2 Å². The van der Waals surface area contributed by atoms with Crippen LogP contribution in [-0.4, -0.2) is 38.1 Å². The topological polar surface area (TPSA) is 41.6 Å². The predicted molar refractivity (Wildman–Crippen MR) is 80.3 cm³/mol. The first kappa shape index (κ1) is 16.0. The van der Waals surface area contributed by atoms with Crippen molar-refractivity contribution in [1.82, 2.24) is 10.2 Å². The number of amides is 1. The maximum atomic E-state index is 11.5. The van der Waals surface area contributed by atoms with Crippen LogP contribution in [0.25, 0.3) is 0 Å². The average Bonchev–Trinajstić information content (AvgIpc) is 2.37. The number of hydrogen-bond acceptors (Lipinski definition) is 3. The quantitative estimate of drug-likeness (QED) is 0.835. The lowest BCUT2D eigenvalue weighted by atomic mass is 10.2. The lowest BCUT2D eigenvalue weighted by Gasteiger charge is -2.14. The van der Waals surface area contributed by atoms with E-state index in [1.54, 1.807) is 19.0 Å². The van der Waals surface area contributed by atoms with E-state index in [4.69, 9.17) is 4.74 Å². The Hall–Kier alpha value is -1.07. The summed E-state index contributed by atoms with van der Waals surface area (Å²) >= 11 is 3.45. The van der Waals surface area contributed by atoms with E-state index in [1.807, 2.05) is 18.2 Å². The summed E-state index contributed by atoms with van der Waals surface area (Å²) in [5.41, 5.74) is 1.05. The molecule has 0 saturated heterocycles. The summed E-state index contributed by atoms with van der Waals surface area (Å²) < 4.78 is 6.70. The standard InChI is InChI=1S/C14H21BrN2O2/c1-4-7-19-13-6-5-12(15)8-11(13)9-16-10-14(18)17(2)3/h5-6,8,16H,4,7,9-10H2,1-3H3. The molecule has 106 valence electrons. The van der Waals surface area contributed by atoms with Crippen molar-refractivity contribution in [2.45, 2.75) is 19.9 Å². The highest BCUT2D eigenvalue weighted by atomic mass is 79.9. The first-order chi connectivity index (χ1) is 9.04. The fraction of sp³-hybridized carbons (Fsp3) is 0.500. The number of halogens is 1. The molecule has 0 aromatic heterocycles. The van der Waals surface area contributed by atoms with E-state index in [9.17, 15) is 4.79 Å². The Morgan fingerprint density at radius 1 is 1.42 bits per heavy atom. The summed E-state index contributed by atoms with van der Waals surface area (Å²) in [5.74, 6) is 0.931. The molecule has 0 bridgehead atoms. The summed E-state index contributed by atoms with van der Waals surface area (Å²) in [4.78, 5) is 13.1. The van der Waals surface area contributed by atoms with E-state index in [-0.39, 0.29) is 5.91 Å². The third-order valence-electron chi connectivity index (χ3n) is 2.57. The zero-order valence-electron chi connectivity index (χ0n) is 11.7. The van der Waals surface area contributed by atoms with Crippen LogP contribution in [-0.2, 0) is 11.3 Å². The van der Waals surface area contributed by atoms with E-state index in [1.165, 1.54) is 0 Å². The van der Waals surface area contributed by atoms with Crippen LogP contribution in [0.1, 0.15) is 18.9 Å². The highest BCUT2D eigenvalue weighted by Crippen LogP contribution is 2.23. The number of carbonyl (C=O) groups is 1. The van der Waals surface area contributed by atoms with E-state index in [0.29, 0.717) is 19.7 Å². The Morgan fingerprint density at radius 2 is 2.16 bits per heavy atom. The molecule has 0 spiro atoms. The van der Waals surface area contributed by atoms with Crippen molar-refractivity contribution in [2.24, 2.45) is 0 Å². The molecule has 1 N–H and O–H groups in total. The summed E-state index contributed by atoms with van der Waals surface area (Å²) in [6, 6.07) is 5.92. The number of benzene rings is 1. The van der Waals surface area contributed by atoms with Crippen molar-refractivity contribution in [2.75, 3.05) is 27.2 Å². The van der Waals surface area contributed by atoms with Crippen LogP contribution in [0.15, 0.2) is 22.7 Å². The molecular weight excluding hydrogens is 308 g/mol. The van der Waals surface area contributed by atoms with Gasteiger partial charge < -0.3 is 15.0 Å². The van der Waals surface area contributed by atoms with E-state index in [2.05, 4.69) is 28.2 Å². The molecule has 0 atom stereocenters. The number of rotatable bonds is 7. The Labute approximate surface area is 123 Å². The Balaban J connectivity index is 2.60. The van der Waals surface area contributed by atoms with Gasteiger partial charge >= 0.3 is 0 Å². The number of nitrogens with one attached hydrogen (secondary N) is 1. The molecule has 0 aliphatic rings. The SMILES string of the molecule is CCCOc1ccc(Br)cc1CNCC(=O)N(C)C. The van der Waals surface area contributed by atoms with Crippen molar-refractivity contribution in [1.29, 1.82) is 0 Å². The van der Waals surface area contributed by atoms with Crippen LogP contribution in [0.4, 0.5) is 0 Å².